The number of carbonyl (C=O) groups excluding carboxylic acids is 1. The number of hydrazone groups is 1. The molecule has 0 radical (unpaired) electrons. The number of benzene rings is 2. The minimum absolute atomic E-state index is 0.200. The fraction of sp³-hybridized carbons (Fsp3) is 0.136. The van der Waals surface area contributed by atoms with E-state index in [0.717, 1.165) is 11.3 Å². The first-order valence-corrected chi connectivity index (χ1v) is 9.16. The van der Waals surface area contributed by atoms with Gasteiger partial charge in [-0.1, -0.05) is 54.6 Å². The summed E-state index contributed by atoms with van der Waals surface area (Å²) >= 11 is 0. The third-order valence-electron chi connectivity index (χ3n) is 4.72. The van der Waals surface area contributed by atoms with Crippen LogP contribution in [0.25, 0.3) is 0 Å². The lowest BCUT2D eigenvalue weighted by atomic mass is 9.97. The Morgan fingerprint density at radius 1 is 1.14 bits per heavy atom. The number of nitriles is 1. The number of nitrogens with two attached hydrogens (primary N) is 1. The zero-order valence-corrected chi connectivity index (χ0v) is 15.7. The molecule has 0 fully saturated rings. The highest BCUT2D eigenvalue weighted by Gasteiger charge is 2.31. The zero-order chi connectivity index (χ0) is 20.2. The van der Waals surface area contributed by atoms with Gasteiger partial charge in [-0.3, -0.25) is 4.90 Å². The number of fused-ring (bicyclic) bond motifs is 1. The summed E-state index contributed by atoms with van der Waals surface area (Å²) in [5, 5.41) is 15.8. The van der Waals surface area contributed by atoms with Crippen molar-refractivity contribution < 1.29 is 9.53 Å². The van der Waals surface area contributed by atoms with Crippen molar-refractivity contribution in [3.8, 4) is 6.07 Å². The number of ether oxygens (including phenoxy) is 1. The molecule has 2 aliphatic rings. The first-order chi connectivity index (χ1) is 14.2. The normalized spacial score (nSPS) is 15.8. The van der Waals surface area contributed by atoms with E-state index in [1.54, 1.807) is 11.0 Å². The molecule has 144 valence electrons. The predicted octanol–water partition coefficient (Wildman–Crippen LogP) is 3.14. The summed E-state index contributed by atoms with van der Waals surface area (Å²) in [4.78, 5) is 14.1. The van der Waals surface area contributed by atoms with Crippen LogP contribution in [0, 0.1) is 11.3 Å². The van der Waals surface area contributed by atoms with Crippen LogP contribution >= 0.6 is 0 Å². The third-order valence-corrected chi connectivity index (χ3v) is 4.72. The van der Waals surface area contributed by atoms with Gasteiger partial charge in [-0.15, -0.1) is 0 Å². The molecule has 2 aliphatic heterocycles. The van der Waals surface area contributed by atoms with Crippen LogP contribution in [0.2, 0.25) is 0 Å². The molecule has 0 aliphatic carbocycles. The number of carbonyl (C=O) groups is 1. The lowest BCUT2D eigenvalue weighted by Crippen LogP contribution is -2.43. The number of hydrogen-bond acceptors (Lipinski definition) is 6. The van der Waals surface area contributed by atoms with Crippen molar-refractivity contribution in [3.05, 3.63) is 89.3 Å². The van der Waals surface area contributed by atoms with Gasteiger partial charge in [-0.2, -0.15) is 10.4 Å². The summed E-state index contributed by atoms with van der Waals surface area (Å²) in [5.41, 5.74) is 9.50. The van der Waals surface area contributed by atoms with Gasteiger partial charge in [0, 0.05) is 12.1 Å². The SMILES string of the molecule is N#CC1=C(N)N(c2ccccc2)N=C2CN(C(=O)OCc3ccccc3)CC=C21. The number of hydrogen-bond donors (Lipinski definition) is 1. The van der Waals surface area contributed by atoms with E-state index in [1.165, 1.54) is 5.01 Å². The number of para-hydroxylation sites is 1. The first-order valence-electron chi connectivity index (χ1n) is 9.16. The average molecular weight is 385 g/mol. The van der Waals surface area contributed by atoms with Crippen molar-refractivity contribution in [2.75, 3.05) is 18.1 Å². The van der Waals surface area contributed by atoms with Gasteiger partial charge in [0.1, 0.15) is 24.1 Å². The highest BCUT2D eigenvalue weighted by Crippen LogP contribution is 2.29. The van der Waals surface area contributed by atoms with Crippen LogP contribution in [0.15, 0.2) is 88.8 Å². The van der Waals surface area contributed by atoms with Crippen molar-refractivity contribution in [1.82, 2.24) is 4.90 Å². The minimum Gasteiger partial charge on any atom is -0.445 e. The second-order valence-electron chi connectivity index (χ2n) is 6.60. The van der Waals surface area contributed by atoms with Gasteiger partial charge < -0.3 is 10.5 Å². The summed E-state index contributed by atoms with van der Waals surface area (Å²) in [6.45, 7) is 0.763. The van der Waals surface area contributed by atoms with E-state index in [1.807, 2.05) is 60.7 Å². The van der Waals surface area contributed by atoms with Crippen molar-refractivity contribution in [3.63, 3.8) is 0 Å². The van der Waals surface area contributed by atoms with Crippen molar-refractivity contribution in [2.24, 2.45) is 10.8 Å². The smallest absolute Gasteiger partial charge is 0.410 e. The Labute approximate surface area is 168 Å². The standard InChI is InChI=1S/C22H19N5O2/c23-13-19-18-11-12-26(22(28)29-15-16-7-3-1-4-8-16)14-20(18)25-27(21(19)24)17-9-5-2-6-10-17/h1-11H,12,14-15,24H2. The number of rotatable bonds is 3. The van der Waals surface area contributed by atoms with E-state index < -0.39 is 6.09 Å². The summed E-state index contributed by atoms with van der Waals surface area (Å²) in [6, 6.07) is 21.0. The molecule has 0 aromatic heterocycles. The maximum Gasteiger partial charge on any atom is 0.410 e. The molecule has 29 heavy (non-hydrogen) atoms. The van der Waals surface area contributed by atoms with Crippen LogP contribution in [-0.4, -0.2) is 29.8 Å². The van der Waals surface area contributed by atoms with Crippen LogP contribution in [0.3, 0.4) is 0 Å². The molecule has 2 aromatic rings. The maximum atomic E-state index is 12.5. The van der Waals surface area contributed by atoms with E-state index in [4.69, 9.17) is 10.5 Å². The van der Waals surface area contributed by atoms with Gasteiger partial charge in [0.15, 0.2) is 0 Å². The van der Waals surface area contributed by atoms with Crippen molar-refractivity contribution in [2.45, 2.75) is 6.61 Å². The second-order valence-corrected chi connectivity index (χ2v) is 6.60. The maximum absolute atomic E-state index is 12.5. The summed E-state index contributed by atoms with van der Waals surface area (Å²) < 4.78 is 5.42. The Hall–Kier alpha value is -4.05. The molecule has 7 heteroatoms. The van der Waals surface area contributed by atoms with Crippen LogP contribution in [0.1, 0.15) is 5.56 Å². The fourth-order valence-electron chi connectivity index (χ4n) is 3.23. The lowest BCUT2D eigenvalue weighted by Gasteiger charge is -2.32. The second kappa shape index (κ2) is 7.90. The molecule has 1 amide bonds. The number of allylic oxidation sites excluding steroid dienone is 1. The Morgan fingerprint density at radius 3 is 2.52 bits per heavy atom. The van der Waals surface area contributed by atoms with Crippen LogP contribution < -0.4 is 10.7 Å². The Bertz CT molecular complexity index is 1050. The molecule has 2 heterocycles. The Morgan fingerprint density at radius 2 is 1.83 bits per heavy atom. The largest absolute Gasteiger partial charge is 0.445 e. The molecular weight excluding hydrogens is 366 g/mol. The monoisotopic (exact) mass is 385 g/mol. The number of anilines is 1. The minimum atomic E-state index is -0.431. The molecule has 0 saturated carbocycles. The summed E-state index contributed by atoms with van der Waals surface area (Å²) in [7, 11) is 0. The lowest BCUT2D eigenvalue weighted by molar-refractivity contribution is 0.104. The molecule has 0 spiro atoms. The Kier molecular flexibility index (Phi) is 4.99. The van der Waals surface area contributed by atoms with E-state index in [2.05, 4.69) is 11.2 Å². The molecule has 0 unspecified atom stereocenters. The quantitative estimate of drug-likeness (QED) is 0.876. The molecule has 4 rings (SSSR count). The van der Waals surface area contributed by atoms with E-state index in [9.17, 15) is 10.1 Å². The summed E-state index contributed by atoms with van der Waals surface area (Å²) in [6.07, 6.45) is 1.36. The molecule has 0 atom stereocenters. The van der Waals surface area contributed by atoms with Gasteiger partial charge in [-0.25, -0.2) is 9.80 Å². The number of nitrogens with zero attached hydrogens (tertiary/aromatic N) is 4. The highest BCUT2D eigenvalue weighted by atomic mass is 16.6. The Balaban J connectivity index is 1.55. The van der Waals surface area contributed by atoms with Crippen molar-refractivity contribution >= 4 is 17.5 Å². The van der Waals surface area contributed by atoms with Gasteiger partial charge in [-0.05, 0) is 17.7 Å². The van der Waals surface area contributed by atoms with Crippen molar-refractivity contribution in [1.29, 1.82) is 5.26 Å². The van der Waals surface area contributed by atoms with E-state index in [-0.39, 0.29) is 19.0 Å². The third kappa shape index (κ3) is 3.69. The fourth-order valence-corrected chi connectivity index (χ4v) is 3.23. The van der Waals surface area contributed by atoms with Gasteiger partial charge in [0.2, 0.25) is 0 Å². The van der Waals surface area contributed by atoms with E-state index >= 15 is 0 Å². The van der Waals surface area contributed by atoms with Gasteiger partial charge in [0.25, 0.3) is 0 Å². The first kappa shape index (κ1) is 18.3. The molecular formula is C22H19N5O2. The van der Waals surface area contributed by atoms with Crippen LogP contribution in [0.5, 0.6) is 0 Å². The van der Waals surface area contributed by atoms with E-state index in [0.29, 0.717) is 23.4 Å². The average Bonchev–Trinajstić information content (AvgIpc) is 2.78. The molecule has 7 nitrogen and oxygen atoms in total. The topological polar surface area (TPSA) is 95.0 Å². The molecule has 0 bridgehead atoms. The molecule has 0 saturated heterocycles. The zero-order valence-electron chi connectivity index (χ0n) is 15.7. The van der Waals surface area contributed by atoms with Gasteiger partial charge >= 0.3 is 6.09 Å². The molecule has 2 aromatic carbocycles. The summed E-state index contributed by atoms with van der Waals surface area (Å²) in [5.74, 6) is 0.272. The molecule has 2 N–H and O–H groups in total. The van der Waals surface area contributed by atoms with Crippen LogP contribution in [-0.2, 0) is 11.3 Å². The van der Waals surface area contributed by atoms with Gasteiger partial charge in [0.05, 0.1) is 17.9 Å². The van der Waals surface area contributed by atoms with Crippen LogP contribution in [0.4, 0.5) is 10.5 Å². The highest BCUT2D eigenvalue weighted by molar-refractivity contribution is 6.09. The predicted molar refractivity (Wildman–Crippen MR) is 109 cm³/mol. The number of amides is 1.